The Kier molecular flexibility index (Phi) is 4.63. The van der Waals surface area contributed by atoms with Crippen molar-refractivity contribution in [3.8, 4) is 5.75 Å². The van der Waals surface area contributed by atoms with Crippen LogP contribution in [0.15, 0.2) is 41.3 Å². The lowest BCUT2D eigenvalue weighted by Gasteiger charge is -2.13. The molecule has 0 fully saturated rings. The van der Waals surface area contributed by atoms with Gasteiger partial charge in [0, 0.05) is 34.6 Å². The molecule has 28 heavy (non-hydrogen) atoms. The molecule has 0 spiro atoms. The molecule has 2 N–H and O–H groups in total. The number of sulfonamides is 1. The van der Waals surface area contributed by atoms with Crippen molar-refractivity contribution in [1.29, 1.82) is 0 Å². The van der Waals surface area contributed by atoms with Gasteiger partial charge in [-0.2, -0.15) is 0 Å². The Morgan fingerprint density at radius 1 is 1.18 bits per heavy atom. The first-order valence-corrected chi connectivity index (χ1v) is 10.8. The highest BCUT2D eigenvalue weighted by molar-refractivity contribution is 7.92. The van der Waals surface area contributed by atoms with E-state index in [4.69, 9.17) is 4.74 Å². The van der Waals surface area contributed by atoms with Gasteiger partial charge < -0.3 is 9.72 Å². The quantitative estimate of drug-likeness (QED) is 0.678. The van der Waals surface area contributed by atoms with E-state index in [1.54, 1.807) is 30.3 Å². The number of hydrogen-bond acceptors (Lipinski definition) is 4. The van der Waals surface area contributed by atoms with E-state index in [1.165, 1.54) is 7.11 Å². The number of Topliss-reactive ketones (excluding diaryl/α,β-unsaturated/α-hetero) is 1. The van der Waals surface area contributed by atoms with Gasteiger partial charge >= 0.3 is 0 Å². The molecule has 0 bridgehead atoms. The molecular weight excluding hydrogens is 376 g/mol. The maximum absolute atomic E-state index is 13.1. The smallest absolute Gasteiger partial charge is 0.262 e. The van der Waals surface area contributed by atoms with Gasteiger partial charge in [0.25, 0.3) is 10.0 Å². The molecule has 1 aliphatic rings. The summed E-state index contributed by atoms with van der Waals surface area (Å²) in [4.78, 5) is 15.9. The average Bonchev–Trinajstić information content (AvgIpc) is 3.05. The fourth-order valence-corrected chi connectivity index (χ4v) is 5.17. The number of anilines is 1. The van der Waals surface area contributed by atoms with E-state index in [1.807, 2.05) is 13.0 Å². The van der Waals surface area contributed by atoms with Crippen LogP contribution in [-0.2, 0) is 22.9 Å². The third-order valence-corrected chi connectivity index (χ3v) is 6.62. The SMILES string of the molecule is CCc1cc2c3c([nH]c2cc1S(=O)(=O)Nc1cccc(OC)c1)CCCC3=O. The molecule has 3 aromatic rings. The molecule has 1 heterocycles. The van der Waals surface area contributed by atoms with E-state index < -0.39 is 10.0 Å². The Labute approximate surface area is 164 Å². The molecule has 0 atom stereocenters. The lowest BCUT2D eigenvalue weighted by molar-refractivity contribution is 0.0974. The van der Waals surface area contributed by atoms with E-state index in [0.29, 0.717) is 35.4 Å². The largest absolute Gasteiger partial charge is 0.497 e. The number of ether oxygens (including phenoxy) is 1. The second-order valence-electron chi connectivity index (χ2n) is 6.95. The van der Waals surface area contributed by atoms with Gasteiger partial charge in [0.2, 0.25) is 0 Å². The van der Waals surface area contributed by atoms with Crippen molar-refractivity contribution in [2.75, 3.05) is 11.8 Å². The highest BCUT2D eigenvalue weighted by Gasteiger charge is 2.26. The van der Waals surface area contributed by atoms with E-state index in [0.717, 1.165) is 29.5 Å². The minimum Gasteiger partial charge on any atom is -0.497 e. The highest BCUT2D eigenvalue weighted by atomic mass is 32.2. The lowest BCUT2D eigenvalue weighted by Crippen LogP contribution is -2.15. The first-order valence-electron chi connectivity index (χ1n) is 9.30. The summed E-state index contributed by atoms with van der Waals surface area (Å²) in [6, 6.07) is 10.3. The number of benzene rings is 2. The molecule has 7 heteroatoms. The maximum Gasteiger partial charge on any atom is 0.262 e. The van der Waals surface area contributed by atoms with Crippen molar-refractivity contribution in [1.82, 2.24) is 4.98 Å². The molecular formula is C21H22N2O4S. The molecule has 0 saturated heterocycles. The summed E-state index contributed by atoms with van der Waals surface area (Å²) in [5.74, 6) is 0.696. The van der Waals surface area contributed by atoms with Gasteiger partial charge in [-0.3, -0.25) is 9.52 Å². The van der Waals surface area contributed by atoms with Crippen LogP contribution in [0.25, 0.3) is 10.9 Å². The minimum absolute atomic E-state index is 0.125. The third-order valence-electron chi connectivity index (χ3n) is 5.16. The number of aromatic amines is 1. The zero-order chi connectivity index (χ0) is 19.9. The molecule has 2 aromatic carbocycles. The number of rotatable bonds is 5. The third kappa shape index (κ3) is 3.16. The Bertz CT molecular complexity index is 1180. The predicted octanol–water partition coefficient (Wildman–Crippen LogP) is 4.06. The van der Waals surface area contributed by atoms with Gasteiger partial charge in [0.05, 0.1) is 17.7 Å². The summed E-state index contributed by atoms with van der Waals surface area (Å²) in [6.07, 6.45) is 2.71. The monoisotopic (exact) mass is 398 g/mol. The Balaban J connectivity index is 1.81. The molecule has 0 unspecified atom stereocenters. The zero-order valence-corrected chi connectivity index (χ0v) is 16.7. The number of methoxy groups -OCH3 is 1. The zero-order valence-electron chi connectivity index (χ0n) is 15.8. The molecule has 6 nitrogen and oxygen atoms in total. The standard InChI is InChI=1S/C21H22N2O4S/c1-3-13-10-16-18(22-17-8-5-9-19(24)21(16)17)12-20(13)28(25,26)23-14-6-4-7-15(11-14)27-2/h4,6-7,10-12,22-23H,3,5,8-9H2,1-2H3. The van der Waals surface area contributed by atoms with Gasteiger partial charge in [-0.15, -0.1) is 0 Å². The van der Waals surface area contributed by atoms with Crippen molar-refractivity contribution in [2.45, 2.75) is 37.5 Å². The Morgan fingerprint density at radius 3 is 2.75 bits per heavy atom. The number of carbonyl (C=O) groups excluding carboxylic acids is 1. The van der Waals surface area contributed by atoms with Crippen LogP contribution < -0.4 is 9.46 Å². The number of nitrogens with one attached hydrogen (secondary N) is 2. The number of carbonyl (C=O) groups is 1. The summed E-state index contributed by atoms with van der Waals surface area (Å²) in [5, 5.41) is 0.817. The van der Waals surface area contributed by atoms with Gasteiger partial charge in [-0.25, -0.2) is 8.42 Å². The lowest BCUT2D eigenvalue weighted by atomic mass is 9.94. The van der Waals surface area contributed by atoms with Crippen LogP contribution in [0, 0.1) is 0 Å². The van der Waals surface area contributed by atoms with Crippen LogP contribution in [0.1, 0.15) is 41.4 Å². The average molecular weight is 398 g/mol. The molecule has 1 aromatic heterocycles. The van der Waals surface area contributed by atoms with Gasteiger partial charge in [-0.05, 0) is 49.1 Å². The summed E-state index contributed by atoms with van der Waals surface area (Å²) in [6.45, 7) is 1.91. The summed E-state index contributed by atoms with van der Waals surface area (Å²) in [5.41, 5.74) is 3.43. The summed E-state index contributed by atoms with van der Waals surface area (Å²) < 4.78 is 34.0. The number of aryl methyl sites for hydroxylation is 2. The number of hydrogen-bond donors (Lipinski definition) is 2. The summed E-state index contributed by atoms with van der Waals surface area (Å²) in [7, 11) is -2.27. The van der Waals surface area contributed by atoms with Gasteiger partial charge in [0.15, 0.2) is 5.78 Å². The molecule has 1 aliphatic carbocycles. The van der Waals surface area contributed by atoms with Gasteiger partial charge in [0.1, 0.15) is 5.75 Å². The topological polar surface area (TPSA) is 88.3 Å². The first-order chi connectivity index (χ1) is 13.4. The fourth-order valence-electron chi connectivity index (χ4n) is 3.80. The van der Waals surface area contributed by atoms with Crippen LogP contribution in [0.4, 0.5) is 5.69 Å². The second kappa shape index (κ2) is 6.98. The van der Waals surface area contributed by atoms with Crippen LogP contribution in [0.5, 0.6) is 5.75 Å². The molecule has 0 saturated carbocycles. The maximum atomic E-state index is 13.1. The normalized spacial score (nSPS) is 14.1. The van der Waals surface area contributed by atoms with Gasteiger partial charge in [-0.1, -0.05) is 13.0 Å². The van der Waals surface area contributed by atoms with E-state index in [2.05, 4.69) is 9.71 Å². The molecule has 146 valence electrons. The molecule has 0 aliphatic heterocycles. The van der Waals surface area contributed by atoms with Crippen LogP contribution in [0.3, 0.4) is 0 Å². The number of fused-ring (bicyclic) bond motifs is 3. The van der Waals surface area contributed by atoms with Crippen molar-refractivity contribution in [3.05, 3.63) is 53.2 Å². The van der Waals surface area contributed by atoms with Crippen molar-refractivity contribution in [2.24, 2.45) is 0 Å². The predicted molar refractivity (Wildman–Crippen MR) is 109 cm³/mol. The van der Waals surface area contributed by atoms with Crippen molar-refractivity contribution >= 4 is 32.4 Å². The Hall–Kier alpha value is -2.80. The van der Waals surface area contributed by atoms with Crippen molar-refractivity contribution < 1.29 is 17.9 Å². The van der Waals surface area contributed by atoms with Crippen LogP contribution in [-0.4, -0.2) is 26.3 Å². The number of ketones is 1. The molecule has 0 amide bonds. The minimum atomic E-state index is -3.80. The first kappa shape index (κ1) is 18.6. The van der Waals surface area contributed by atoms with E-state index >= 15 is 0 Å². The fraction of sp³-hybridized carbons (Fsp3) is 0.286. The molecule has 4 rings (SSSR count). The Morgan fingerprint density at radius 2 is 2.00 bits per heavy atom. The second-order valence-corrected chi connectivity index (χ2v) is 8.60. The van der Waals surface area contributed by atoms with Crippen LogP contribution >= 0.6 is 0 Å². The number of aromatic nitrogens is 1. The van der Waals surface area contributed by atoms with Crippen LogP contribution in [0.2, 0.25) is 0 Å². The van der Waals surface area contributed by atoms with E-state index in [-0.39, 0.29) is 10.7 Å². The molecule has 0 radical (unpaired) electrons. The van der Waals surface area contributed by atoms with Crippen molar-refractivity contribution in [3.63, 3.8) is 0 Å². The highest BCUT2D eigenvalue weighted by Crippen LogP contribution is 2.33. The van der Waals surface area contributed by atoms with E-state index in [9.17, 15) is 13.2 Å². The summed E-state index contributed by atoms with van der Waals surface area (Å²) >= 11 is 0. The number of H-pyrrole nitrogens is 1.